The van der Waals surface area contributed by atoms with Crippen LogP contribution in [0.2, 0.25) is 0 Å². The van der Waals surface area contributed by atoms with E-state index in [2.05, 4.69) is 34.3 Å². The summed E-state index contributed by atoms with van der Waals surface area (Å²) in [6, 6.07) is 14.1. The van der Waals surface area contributed by atoms with Crippen LogP contribution in [0.3, 0.4) is 0 Å². The molecule has 1 aliphatic rings. The zero-order valence-corrected chi connectivity index (χ0v) is 22.3. The van der Waals surface area contributed by atoms with Crippen LogP contribution in [-0.4, -0.2) is 34.3 Å². The molecule has 1 saturated heterocycles. The summed E-state index contributed by atoms with van der Waals surface area (Å²) in [6.45, 7) is 9.87. The molecule has 1 aliphatic heterocycles. The second-order valence-corrected chi connectivity index (χ2v) is 10.9. The fraction of sp³-hybridized carbons (Fsp3) is 0.467. The second-order valence-electron chi connectivity index (χ2n) is 10.9. The van der Waals surface area contributed by atoms with Gasteiger partial charge in [0, 0.05) is 25.2 Å². The number of carbonyl (C=O) groups excluding carboxylic acids is 2. The number of nitrogens with zero attached hydrogens (tertiary/aromatic N) is 3. The zero-order chi connectivity index (χ0) is 26.5. The molecule has 0 aliphatic carbocycles. The van der Waals surface area contributed by atoms with E-state index in [-0.39, 0.29) is 29.6 Å². The number of ketones is 1. The maximum atomic E-state index is 13.7. The number of piperidine rings is 1. The van der Waals surface area contributed by atoms with Crippen molar-refractivity contribution in [3.8, 4) is 0 Å². The van der Waals surface area contributed by atoms with Gasteiger partial charge in [-0.05, 0) is 67.9 Å². The Hall–Kier alpha value is -3.48. The topological polar surface area (TPSA) is 84.3 Å². The van der Waals surface area contributed by atoms with Crippen molar-refractivity contribution in [1.29, 1.82) is 0 Å². The van der Waals surface area contributed by atoms with Gasteiger partial charge in [0.1, 0.15) is 11.8 Å². The van der Waals surface area contributed by atoms with Gasteiger partial charge in [0.25, 0.3) is 5.56 Å². The van der Waals surface area contributed by atoms with Crippen molar-refractivity contribution < 1.29 is 9.59 Å². The van der Waals surface area contributed by atoms with E-state index in [0.29, 0.717) is 23.2 Å². The summed E-state index contributed by atoms with van der Waals surface area (Å²) in [6.07, 6.45) is 4.52. The molecule has 4 rings (SSSR count). The first-order chi connectivity index (χ1) is 17.7. The molecule has 2 heterocycles. The van der Waals surface area contributed by atoms with Crippen molar-refractivity contribution in [2.75, 3.05) is 18.0 Å². The monoisotopic (exact) mass is 502 g/mol. The smallest absolute Gasteiger partial charge is 0.261 e. The number of Topliss-reactive ketones (excluding diaryl/α,β-unsaturated/α-hetero) is 1. The van der Waals surface area contributed by atoms with Gasteiger partial charge >= 0.3 is 0 Å². The van der Waals surface area contributed by atoms with Gasteiger partial charge in [0.2, 0.25) is 5.91 Å². The van der Waals surface area contributed by atoms with Gasteiger partial charge in [-0.15, -0.1) is 0 Å². The lowest BCUT2D eigenvalue weighted by atomic mass is 9.97. The lowest BCUT2D eigenvalue weighted by Crippen LogP contribution is -2.40. The number of carbonyl (C=O) groups is 2. The van der Waals surface area contributed by atoms with E-state index >= 15 is 0 Å². The number of aromatic nitrogens is 2. The molecule has 3 atom stereocenters. The molecule has 1 fully saturated rings. The predicted octanol–water partition coefficient (Wildman–Crippen LogP) is 5.06. The number of hydrogen-bond acceptors (Lipinski definition) is 5. The minimum Gasteiger partial charge on any atom is -0.371 e. The second kappa shape index (κ2) is 11.7. The van der Waals surface area contributed by atoms with Crippen molar-refractivity contribution >= 4 is 28.3 Å². The molecule has 3 aromatic rings. The van der Waals surface area contributed by atoms with Crippen LogP contribution in [-0.2, 0) is 9.59 Å². The number of fused-ring (bicyclic) bond motifs is 1. The van der Waals surface area contributed by atoms with Gasteiger partial charge in [-0.2, -0.15) is 0 Å². The Labute approximate surface area is 218 Å². The number of para-hydroxylation sites is 1. The fourth-order valence-corrected chi connectivity index (χ4v) is 5.27. The van der Waals surface area contributed by atoms with E-state index < -0.39 is 12.1 Å². The van der Waals surface area contributed by atoms with Crippen LogP contribution in [0.15, 0.2) is 59.7 Å². The number of rotatable bonds is 9. The number of nitrogens with one attached hydrogen (secondary N) is 1. The molecule has 196 valence electrons. The number of benzene rings is 2. The van der Waals surface area contributed by atoms with Crippen molar-refractivity contribution in [3.63, 3.8) is 0 Å². The Kier molecular flexibility index (Phi) is 8.41. The van der Waals surface area contributed by atoms with Crippen LogP contribution >= 0.6 is 0 Å². The van der Waals surface area contributed by atoms with E-state index in [9.17, 15) is 14.4 Å². The quantitative estimate of drug-likeness (QED) is 0.442. The zero-order valence-electron chi connectivity index (χ0n) is 22.3. The van der Waals surface area contributed by atoms with Crippen molar-refractivity contribution in [2.45, 2.75) is 65.5 Å². The minimum absolute atomic E-state index is 0.00718. The first-order valence-corrected chi connectivity index (χ1v) is 13.3. The van der Waals surface area contributed by atoms with Gasteiger partial charge in [0.05, 0.1) is 23.3 Å². The highest BCUT2D eigenvalue weighted by Gasteiger charge is 2.27. The van der Waals surface area contributed by atoms with Gasteiger partial charge in [-0.3, -0.25) is 19.0 Å². The Morgan fingerprint density at radius 2 is 1.92 bits per heavy atom. The molecule has 0 bridgehead atoms. The molecule has 0 spiro atoms. The number of amides is 1. The summed E-state index contributed by atoms with van der Waals surface area (Å²) in [5, 5.41) is 3.60. The van der Waals surface area contributed by atoms with Gasteiger partial charge < -0.3 is 10.2 Å². The summed E-state index contributed by atoms with van der Waals surface area (Å²) in [5.74, 6) is 0.518. The Bertz CT molecular complexity index is 1320. The highest BCUT2D eigenvalue weighted by Crippen LogP contribution is 2.28. The van der Waals surface area contributed by atoms with Crippen molar-refractivity contribution in [1.82, 2.24) is 14.9 Å². The normalized spacial score (nSPS) is 17.5. The first-order valence-electron chi connectivity index (χ1n) is 13.3. The molecule has 7 nitrogen and oxygen atoms in total. The Morgan fingerprint density at radius 1 is 1.14 bits per heavy atom. The highest BCUT2D eigenvalue weighted by molar-refractivity contribution is 5.83. The van der Waals surface area contributed by atoms with Crippen LogP contribution < -0.4 is 15.8 Å². The SMILES string of the molecule is CC(=O)C[C@H](NC(=O)[C@H](CC(C)C)n1cnc2ccccc2c1=O)c1cccc(N2CCC[C@H](C)C2)c1. The largest absolute Gasteiger partial charge is 0.371 e. The summed E-state index contributed by atoms with van der Waals surface area (Å²) in [5.41, 5.74) is 2.37. The molecular weight excluding hydrogens is 464 g/mol. The van der Waals surface area contributed by atoms with Gasteiger partial charge in [-0.25, -0.2) is 4.98 Å². The molecule has 0 radical (unpaired) electrons. The average molecular weight is 503 g/mol. The molecule has 0 saturated carbocycles. The molecule has 1 aromatic heterocycles. The molecular formula is C30H38N4O3. The summed E-state index contributed by atoms with van der Waals surface area (Å²) < 4.78 is 1.44. The van der Waals surface area contributed by atoms with E-state index in [1.165, 1.54) is 17.3 Å². The minimum atomic E-state index is -0.731. The van der Waals surface area contributed by atoms with Gasteiger partial charge in [0.15, 0.2) is 0 Å². The molecule has 37 heavy (non-hydrogen) atoms. The van der Waals surface area contributed by atoms with Crippen molar-refractivity contribution in [3.05, 3.63) is 70.8 Å². The summed E-state index contributed by atoms with van der Waals surface area (Å²) in [7, 11) is 0. The third kappa shape index (κ3) is 6.45. The standard InChI is InChI=1S/C30H38N4O3/c1-20(2)15-28(34-19-31-26-13-6-5-12-25(26)30(34)37)29(36)32-27(16-22(4)35)23-10-7-11-24(17-23)33-14-8-9-21(3)18-33/h5-7,10-13,17,19-21,27-28H,8-9,14-16,18H2,1-4H3,(H,32,36)/t21-,27-,28-/m0/s1. The van der Waals surface area contributed by atoms with Crippen LogP contribution in [0.25, 0.3) is 10.9 Å². The van der Waals surface area contributed by atoms with E-state index in [1.807, 2.05) is 32.0 Å². The summed E-state index contributed by atoms with van der Waals surface area (Å²) in [4.78, 5) is 46.1. The van der Waals surface area contributed by atoms with Crippen molar-refractivity contribution in [2.24, 2.45) is 11.8 Å². The molecule has 1 amide bonds. The fourth-order valence-electron chi connectivity index (χ4n) is 5.27. The third-order valence-electron chi connectivity index (χ3n) is 7.13. The van der Waals surface area contributed by atoms with E-state index in [4.69, 9.17) is 0 Å². The molecule has 0 unspecified atom stereocenters. The maximum absolute atomic E-state index is 13.7. The molecule has 2 aromatic carbocycles. The Morgan fingerprint density at radius 3 is 2.65 bits per heavy atom. The van der Waals surface area contributed by atoms with Crippen LogP contribution in [0.4, 0.5) is 5.69 Å². The van der Waals surface area contributed by atoms with Crippen LogP contribution in [0, 0.1) is 11.8 Å². The maximum Gasteiger partial charge on any atom is 0.261 e. The lowest BCUT2D eigenvalue weighted by Gasteiger charge is -2.33. The number of hydrogen-bond donors (Lipinski definition) is 1. The predicted molar refractivity (Wildman–Crippen MR) is 148 cm³/mol. The molecule has 7 heteroatoms. The van der Waals surface area contributed by atoms with Gasteiger partial charge in [-0.1, -0.05) is 45.0 Å². The van der Waals surface area contributed by atoms with Crippen LogP contribution in [0.5, 0.6) is 0 Å². The van der Waals surface area contributed by atoms with Crippen LogP contribution in [0.1, 0.15) is 71.0 Å². The third-order valence-corrected chi connectivity index (χ3v) is 7.13. The number of anilines is 1. The first kappa shape index (κ1) is 26.6. The van der Waals surface area contributed by atoms with E-state index in [1.54, 1.807) is 25.1 Å². The molecule has 1 N–H and O–H groups in total. The highest BCUT2D eigenvalue weighted by atomic mass is 16.2. The summed E-state index contributed by atoms with van der Waals surface area (Å²) >= 11 is 0. The lowest BCUT2D eigenvalue weighted by molar-refractivity contribution is -0.126. The Balaban J connectivity index is 1.64. The van der Waals surface area contributed by atoms with E-state index in [0.717, 1.165) is 30.8 Å². The average Bonchev–Trinajstić information content (AvgIpc) is 2.87.